The summed E-state index contributed by atoms with van der Waals surface area (Å²) in [5, 5.41) is 9.53. The molecule has 1 saturated heterocycles. The SMILES string of the molecule is O=C(O)CCN1CCN(C(=O)c2cc(Cl)ccc2Cl)CC1. The van der Waals surface area contributed by atoms with E-state index in [9.17, 15) is 9.59 Å². The highest BCUT2D eigenvalue weighted by atomic mass is 35.5. The number of aliphatic carboxylic acids is 1. The van der Waals surface area contributed by atoms with Gasteiger partial charge in [0.2, 0.25) is 0 Å². The lowest BCUT2D eigenvalue weighted by atomic mass is 10.1. The Balaban J connectivity index is 1.94. The number of carboxylic acid groups (broad SMARTS) is 1. The van der Waals surface area contributed by atoms with E-state index in [0.29, 0.717) is 48.3 Å². The third-order valence-corrected chi connectivity index (χ3v) is 4.02. The van der Waals surface area contributed by atoms with Gasteiger partial charge < -0.3 is 10.0 Å². The molecular formula is C14H16Cl2N2O3. The predicted molar refractivity (Wildman–Crippen MR) is 81.1 cm³/mol. The van der Waals surface area contributed by atoms with Gasteiger partial charge in [-0.25, -0.2) is 0 Å². The third kappa shape index (κ3) is 4.33. The second-order valence-corrected chi connectivity index (χ2v) is 5.75. The average molecular weight is 331 g/mol. The van der Waals surface area contributed by atoms with E-state index in [1.165, 1.54) is 0 Å². The molecule has 1 N–H and O–H groups in total. The van der Waals surface area contributed by atoms with Gasteiger partial charge in [-0.3, -0.25) is 14.5 Å². The van der Waals surface area contributed by atoms with E-state index in [1.807, 2.05) is 4.90 Å². The van der Waals surface area contributed by atoms with Gasteiger partial charge in [0.15, 0.2) is 0 Å². The highest BCUT2D eigenvalue weighted by Gasteiger charge is 2.23. The van der Waals surface area contributed by atoms with Crippen molar-refractivity contribution in [1.29, 1.82) is 0 Å². The highest BCUT2D eigenvalue weighted by molar-refractivity contribution is 6.35. The second kappa shape index (κ2) is 7.11. The van der Waals surface area contributed by atoms with Gasteiger partial charge in [0.05, 0.1) is 17.0 Å². The van der Waals surface area contributed by atoms with Gasteiger partial charge in [0, 0.05) is 37.7 Å². The standard InChI is InChI=1S/C14H16Cl2N2O3/c15-10-1-2-12(16)11(9-10)14(21)18-7-5-17(6-8-18)4-3-13(19)20/h1-2,9H,3-8H2,(H,19,20). The number of amides is 1. The fraction of sp³-hybridized carbons (Fsp3) is 0.429. The van der Waals surface area contributed by atoms with Gasteiger partial charge in [-0.1, -0.05) is 23.2 Å². The summed E-state index contributed by atoms with van der Waals surface area (Å²) in [4.78, 5) is 26.7. The molecule has 5 nitrogen and oxygen atoms in total. The maximum absolute atomic E-state index is 12.4. The molecule has 114 valence electrons. The summed E-state index contributed by atoms with van der Waals surface area (Å²) in [5.74, 6) is -0.945. The Morgan fingerprint density at radius 3 is 2.43 bits per heavy atom. The van der Waals surface area contributed by atoms with Crippen molar-refractivity contribution in [2.24, 2.45) is 0 Å². The Morgan fingerprint density at radius 2 is 1.81 bits per heavy atom. The molecule has 0 aliphatic carbocycles. The van der Waals surface area contributed by atoms with Crippen LogP contribution in [0.3, 0.4) is 0 Å². The van der Waals surface area contributed by atoms with Crippen LogP contribution in [0, 0.1) is 0 Å². The molecule has 1 aromatic carbocycles. The first-order chi connectivity index (χ1) is 9.97. The van der Waals surface area contributed by atoms with E-state index in [1.54, 1.807) is 23.1 Å². The van der Waals surface area contributed by atoms with Crippen LogP contribution in [-0.4, -0.2) is 59.5 Å². The number of rotatable bonds is 4. The van der Waals surface area contributed by atoms with Crippen molar-refractivity contribution < 1.29 is 14.7 Å². The summed E-state index contributed by atoms with van der Waals surface area (Å²) < 4.78 is 0. The zero-order valence-electron chi connectivity index (χ0n) is 11.4. The van der Waals surface area contributed by atoms with Crippen LogP contribution in [0.25, 0.3) is 0 Å². The van der Waals surface area contributed by atoms with Crippen LogP contribution in [-0.2, 0) is 4.79 Å². The number of benzene rings is 1. The Bertz CT molecular complexity index is 543. The molecule has 1 heterocycles. The van der Waals surface area contributed by atoms with Crippen molar-refractivity contribution in [2.75, 3.05) is 32.7 Å². The molecule has 21 heavy (non-hydrogen) atoms. The summed E-state index contributed by atoms with van der Waals surface area (Å²) in [5.41, 5.74) is 0.406. The molecule has 0 unspecified atom stereocenters. The molecule has 1 fully saturated rings. The van der Waals surface area contributed by atoms with Gasteiger partial charge in [-0.2, -0.15) is 0 Å². The average Bonchev–Trinajstić information content (AvgIpc) is 2.47. The zero-order chi connectivity index (χ0) is 15.4. The molecular weight excluding hydrogens is 315 g/mol. The van der Waals surface area contributed by atoms with Crippen LogP contribution >= 0.6 is 23.2 Å². The normalized spacial score (nSPS) is 16.0. The van der Waals surface area contributed by atoms with E-state index in [4.69, 9.17) is 28.3 Å². The van der Waals surface area contributed by atoms with Gasteiger partial charge in [-0.05, 0) is 18.2 Å². The number of hydrogen-bond donors (Lipinski definition) is 1. The first kappa shape index (κ1) is 16.1. The van der Waals surface area contributed by atoms with E-state index in [2.05, 4.69) is 0 Å². The topological polar surface area (TPSA) is 60.9 Å². The predicted octanol–water partition coefficient (Wildman–Crippen LogP) is 2.23. The van der Waals surface area contributed by atoms with Crippen LogP contribution in [0.2, 0.25) is 10.0 Å². The van der Waals surface area contributed by atoms with Crippen LogP contribution in [0.1, 0.15) is 16.8 Å². The van der Waals surface area contributed by atoms with Gasteiger partial charge in [0.1, 0.15) is 0 Å². The number of carbonyl (C=O) groups excluding carboxylic acids is 1. The summed E-state index contributed by atoms with van der Waals surface area (Å²) in [6.45, 7) is 2.95. The third-order valence-electron chi connectivity index (χ3n) is 3.46. The minimum absolute atomic E-state index is 0.119. The lowest BCUT2D eigenvalue weighted by Gasteiger charge is -2.34. The molecule has 1 aliphatic heterocycles. The molecule has 0 spiro atoms. The van der Waals surface area contributed by atoms with Crippen molar-refractivity contribution >= 4 is 35.1 Å². The minimum atomic E-state index is -0.806. The van der Waals surface area contributed by atoms with Crippen molar-refractivity contribution in [3.8, 4) is 0 Å². The lowest BCUT2D eigenvalue weighted by molar-refractivity contribution is -0.137. The molecule has 0 radical (unpaired) electrons. The largest absolute Gasteiger partial charge is 0.481 e. The Morgan fingerprint density at radius 1 is 1.14 bits per heavy atom. The molecule has 0 atom stereocenters. The van der Waals surface area contributed by atoms with Gasteiger partial charge in [-0.15, -0.1) is 0 Å². The molecule has 1 aliphatic rings. The summed E-state index contributed by atoms with van der Waals surface area (Å²) >= 11 is 11.9. The van der Waals surface area contributed by atoms with Crippen molar-refractivity contribution in [2.45, 2.75) is 6.42 Å². The Hall–Kier alpha value is -1.30. The number of halogens is 2. The van der Waals surface area contributed by atoms with Crippen LogP contribution < -0.4 is 0 Å². The quantitative estimate of drug-likeness (QED) is 0.919. The molecule has 0 bridgehead atoms. The highest BCUT2D eigenvalue weighted by Crippen LogP contribution is 2.22. The first-order valence-electron chi connectivity index (χ1n) is 6.66. The maximum atomic E-state index is 12.4. The smallest absolute Gasteiger partial charge is 0.304 e. The van der Waals surface area contributed by atoms with E-state index >= 15 is 0 Å². The van der Waals surface area contributed by atoms with E-state index in [0.717, 1.165) is 0 Å². The Kier molecular flexibility index (Phi) is 5.45. The minimum Gasteiger partial charge on any atom is -0.481 e. The number of carboxylic acids is 1. The van der Waals surface area contributed by atoms with E-state index in [-0.39, 0.29) is 12.3 Å². The van der Waals surface area contributed by atoms with E-state index < -0.39 is 5.97 Å². The molecule has 2 rings (SSSR count). The molecule has 7 heteroatoms. The molecule has 0 aromatic heterocycles. The Labute approximate surface area is 133 Å². The fourth-order valence-electron chi connectivity index (χ4n) is 2.26. The molecule has 1 aromatic rings. The number of piperazine rings is 1. The van der Waals surface area contributed by atoms with Crippen LogP contribution in [0.5, 0.6) is 0 Å². The fourth-order valence-corrected chi connectivity index (χ4v) is 2.63. The number of hydrogen-bond acceptors (Lipinski definition) is 3. The molecule has 1 amide bonds. The first-order valence-corrected chi connectivity index (χ1v) is 7.41. The zero-order valence-corrected chi connectivity index (χ0v) is 12.9. The maximum Gasteiger partial charge on any atom is 0.304 e. The molecule has 0 saturated carbocycles. The van der Waals surface area contributed by atoms with Crippen LogP contribution in [0.15, 0.2) is 18.2 Å². The van der Waals surface area contributed by atoms with Crippen LogP contribution in [0.4, 0.5) is 0 Å². The monoisotopic (exact) mass is 330 g/mol. The lowest BCUT2D eigenvalue weighted by Crippen LogP contribution is -2.49. The second-order valence-electron chi connectivity index (χ2n) is 4.90. The number of nitrogens with zero attached hydrogens (tertiary/aromatic N) is 2. The van der Waals surface area contributed by atoms with Crippen molar-refractivity contribution in [3.63, 3.8) is 0 Å². The summed E-state index contributed by atoms with van der Waals surface area (Å²) in [6.07, 6.45) is 0.119. The van der Waals surface area contributed by atoms with Gasteiger partial charge >= 0.3 is 5.97 Å². The number of carbonyl (C=O) groups is 2. The summed E-state index contributed by atoms with van der Waals surface area (Å²) in [7, 11) is 0. The summed E-state index contributed by atoms with van der Waals surface area (Å²) in [6, 6.07) is 4.83. The van der Waals surface area contributed by atoms with Crippen molar-refractivity contribution in [1.82, 2.24) is 9.80 Å². The van der Waals surface area contributed by atoms with Gasteiger partial charge in [0.25, 0.3) is 5.91 Å². The van der Waals surface area contributed by atoms with Crippen molar-refractivity contribution in [3.05, 3.63) is 33.8 Å².